The molecule has 106 valence electrons. The Bertz CT molecular complexity index is 272. The molecule has 0 aromatic carbocycles. The van der Waals surface area contributed by atoms with Crippen LogP contribution in [0.25, 0.3) is 0 Å². The normalized spacial score (nSPS) is 14.6. The Morgan fingerprint density at radius 1 is 1.06 bits per heavy atom. The van der Waals surface area contributed by atoms with Crippen molar-refractivity contribution < 1.29 is 5.11 Å². The average molecular weight is 254 g/mol. The van der Waals surface area contributed by atoms with Gasteiger partial charge in [-0.05, 0) is 32.9 Å². The summed E-state index contributed by atoms with van der Waals surface area (Å²) in [6.45, 7) is 9.20. The molecule has 1 N–H and O–H groups in total. The fourth-order valence-electron chi connectivity index (χ4n) is 1.80. The van der Waals surface area contributed by atoms with E-state index in [1.807, 2.05) is 20.9 Å². The van der Waals surface area contributed by atoms with Crippen LogP contribution in [0.5, 0.6) is 0 Å². The van der Waals surface area contributed by atoms with Crippen molar-refractivity contribution in [3.8, 4) is 0 Å². The van der Waals surface area contributed by atoms with Crippen LogP contribution in [-0.4, -0.2) is 55.2 Å². The summed E-state index contributed by atoms with van der Waals surface area (Å²) in [6.07, 6.45) is 6.78. The maximum absolute atomic E-state index is 8.81. The zero-order valence-electron chi connectivity index (χ0n) is 12.7. The lowest BCUT2D eigenvalue weighted by Gasteiger charge is -2.27. The lowest BCUT2D eigenvalue weighted by Crippen LogP contribution is -2.32. The van der Waals surface area contributed by atoms with Crippen molar-refractivity contribution in [1.82, 2.24) is 9.80 Å². The summed E-state index contributed by atoms with van der Waals surface area (Å²) in [6, 6.07) is 0. The molecular formula is C15H30N2O. The van der Waals surface area contributed by atoms with E-state index in [9.17, 15) is 0 Å². The molecule has 0 bridgehead atoms. The van der Waals surface area contributed by atoms with E-state index in [-0.39, 0.29) is 6.61 Å². The van der Waals surface area contributed by atoms with Gasteiger partial charge in [0.2, 0.25) is 0 Å². The number of likely N-dealkylation sites (N-methyl/N-ethyl adjacent to an activating group) is 2. The van der Waals surface area contributed by atoms with Crippen LogP contribution in [0.4, 0.5) is 0 Å². The first kappa shape index (κ1) is 17.2. The van der Waals surface area contributed by atoms with Crippen molar-refractivity contribution in [3.05, 3.63) is 23.4 Å². The minimum absolute atomic E-state index is 0.241. The molecule has 1 aliphatic rings. The van der Waals surface area contributed by atoms with E-state index in [4.69, 9.17) is 5.11 Å². The third-order valence-electron chi connectivity index (χ3n) is 3.12. The van der Waals surface area contributed by atoms with Gasteiger partial charge >= 0.3 is 0 Å². The van der Waals surface area contributed by atoms with Gasteiger partial charge in [0.15, 0.2) is 0 Å². The van der Waals surface area contributed by atoms with Gasteiger partial charge < -0.3 is 14.9 Å². The molecule has 1 rings (SSSR count). The third kappa shape index (κ3) is 6.82. The summed E-state index contributed by atoms with van der Waals surface area (Å²) in [4.78, 5) is 4.47. The minimum Gasteiger partial charge on any atom is -0.395 e. The summed E-state index contributed by atoms with van der Waals surface area (Å²) in [7, 11) is 4.19. The van der Waals surface area contributed by atoms with Crippen molar-refractivity contribution >= 4 is 0 Å². The molecule has 0 aromatic heterocycles. The molecule has 0 atom stereocenters. The van der Waals surface area contributed by atoms with Crippen molar-refractivity contribution in [3.63, 3.8) is 0 Å². The summed E-state index contributed by atoms with van der Waals surface area (Å²) in [5, 5.41) is 8.81. The highest BCUT2D eigenvalue weighted by Gasteiger charge is 2.08. The van der Waals surface area contributed by atoms with Gasteiger partial charge in [-0.1, -0.05) is 25.5 Å². The maximum Gasteiger partial charge on any atom is 0.0558 e. The van der Waals surface area contributed by atoms with Crippen molar-refractivity contribution in [2.24, 2.45) is 0 Å². The van der Waals surface area contributed by atoms with Gasteiger partial charge in [0, 0.05) is 32.4 Å². The second kappa shape index (κ2) is 10.2. The lowest BCUT2D eigenvalue weighted by molar-refractivity contribution is 0.209. The van der Waals surface area contributed by atoms with Gasteiger partial charge in [-0.3, -0.25) is 0 Å². The molecule has 0 aliphatic heterocycles. The fraction of sp³-hybridized carbons (Fsp3) is 0.733. The van der Waals surface area contributed by atoms with E-state index in [0.29, 0.717) is 0 Å². The zero-order valence-corrected chi connectivity index (χ0v) is 12.7. The van der Waals surface area contributed by atoms with E-state index < -0.39 is 0 Å². The number of hydrogen-bond donors (Lipinski definition) is 1. The molecule has 1 aliphatic carbocycles. The van der Waals surface area contributed by atoms with Crippen LogP contribution in [0.3, 0.4) is 0 Å². The first-order valence-corrected chi connectivity index (χ1v) is 7.00. The number of rotatable bonds is 6. The summed E-state index contributed by atoms with van der Waals surface area (Å²) < 4.78 is 0. The van der Waals surface area contributed by atoms with Gasteiger partial charge in [0.1, 0.15) is 0 Å². The third-order valence-corrected chi connectivity index (χ3v) is 3.12. The Balaban J connectivity index is 0.00000137. The fourth-order valence-corrected chi connectivity index (χ4v) is 1.80. The van der Waals surface area contributed by atoms with Gasteiger partial charge in [-0.2, -0.15) is 0 Å². The molecule has 0 saturated carbocycles. The average Bonchev–Trinajstić information content (AvgIpc) is 2.39. The Morgan fingerprint density at radius 2 is 1.72 bits per heavy atom. The Hall–Kier alpha value is -0.800. The highest BCUT2D eigenvalue weighted by Crippen LogP contribution is 2.19. The lowest BCUT2D eigenvalue weighted by atomic mass is 10.0. The molecule has 18 heavy (non-hydrogen) atoms. The highest BCUT2D eigenvalue weighted by molar-refractivity contribution is 5.21. The SMILES string of the molecule is CC.CC1=CC=C(N(C)CCN(C)CCO)CC1. The predicted molar refractivity (Wildman–Crippen MR) is 79.6 cm³/mol. The quantitative estimate of drug-likeness (QED) is 0.789. The second-order valence-electron chi connectivity index (χ2n) is 4.62. The second-order valence-corrected chi connectivity index (χ2v) is 4.62. The van der Waals surface area contributed by atoms with E-state index in [2.05, 4.69) is 35.9 Å². The van der Waals surface area contributed by atoms with Gasteiger partial charge in [-0.25, -0.2) is 0 Å². The van der Waals surface area contributed by atoms with E-state index >= 15 is 0 Å². The Morgan fingerprint density at radius 3 is 2.22 bits per heavy atom. The topological polar surface area (TPSA) is 26.7 Å². The summed E-state index contributed by atoms with van der Waals surface area (Å²) in [5.74, 6) is 0. The van der Waals surface area contributed by atoms with Crippen LogP contribution in [0.2, 0.25) is 0 Å². The standard InChI is InChI=1S/C13H24N2O.C2H6/c1-12-4-6-13(7-5-12)15(3)9-8-14(2)10-11-16;1-2/h4,6,16H,5,7-11H2,1-3H3;1-2H3. The smallest absolute Gasteiger partial charge is 0.0558 e. The van der Waals surface area contributed by atoms with Crippen LogP contribution in [0.1, 0.15) is 33.6 Å². The molecular weight excluding hydrogens is 224 g/mol. The highest BCUT2D eigenvalue weighted by atomic mass is 16.3. The Kier molecular flexibility index (Phi) is 9.70. The molecule has 3 nitrogen and oxygen atoms in total. The molecule has 0 aromatic rings. The number of aliphatic hydroxyl groups excluding tert-OH is 1. The number of nitrogens with zero attached hydrogens (tertiary/aromatic N) is 2. The van der Waals surface area contributed by atoms with E-state index in [1.54, 1.807) is 0 Å². The van der Waals surface area contributed by atoms with Gasteiger partial charge in [0.05, 0.1) is 6.61 Å². The van der Waals surface area contributed by atoms with Crippen LogP contribution in [-0.2, 0) is 0 Å². The van der Waals surface area contributed by atoms with Crippen LogP contribution >= 0.6 is 0 Å². The summed E-state index contributed by atoms with van der Waals surface area (Å²) in [5.41, 5.74) is 2.89. The van der Waals surface area contributed by atoms with Crippen molar-refractivity contribution in [2.75, 3.05) is 40.3 Å². The number of allylic oxidation sites excluding steroid dienone is 4. The monoisotopic (exact) mass is 254 g/mol. The van der Waals surface area contributed by atoms with Crippen molar-refractivity contribution in [1.29, 1.82) is 0 Å². The minimum atomic E-state index is 0.241. The number of hydrogen-bond acceptors (Lipinski definition) is 3. The maximum atomic E-state index is 8.81. The zero-order chi connectivity index (χ0) is 14.0. The van der Waals surface area contributed by atoms with E-state index in [1.165, 1.54) is 17.7 Å². The van der Waals surface area contributed by atoms with Crippen molar-refractivity contribution in [2.45, 2.75) is 33.6 Å². The van der Waals surface area contributed by atoms with Crippen LogP contribution < -0.4 is 0 Å². The summed E-state index contributed by atoms with van der Waals surface area (Å²) >= 11 is 0. The first-order valence-electron chi connectivity index (χ1n) is 7.00. The Labute approximate surface area is 113 Å². The molecule has 0 amide bonds. The predicted octanol–water partition coefficient (Wildman–Crippen LogP) is 2.49. The van der Waals surface area contributed by atoms with Crippen LogP contribution in [0, 0.1) is 0 Å². The molecule has 0 heterocycles. The van der Waals surface area contributed by atoms with Gasteiger partial charge in [-0.15, -0.1) is 0 Å². The number of aliphatic hydroxyl groups is 1. The molecule has 0 fully saturated rings. The molecule has 0 unspecified atom stereocenters. The molecule has 0 radical (unpaired) electrons. The van der Waals surface area contributed by atoms with Crippen LogP contribution in [0.15, 0.2) is 23.4 Å². The van der Waals surface area contributed by atoms with Gasteiger partial charge in [0.25, 0.3) is 0 Å². The first-order chi connectivity index (χ1) is 8.63. The van der Waals surface area contributed by atoms with E-state index in [0.717, 1.165) is 26.1 Å². The molecule has 0 saturated heterocycles. The largest absolute Gasteiger partial charge is 0.395 e. The molecule has 0 spiro atoms. The molecule has 3 heteroatoms.